The van der Waals surface area contributed by atoms with Crippen LogP contribution >= 0.6 is 0 Å². The van der Waals surface area contributed by atoms with Gasteiger partial charge >= 0.3 is 0 Å². The standard InChI is InChI=1S/C18H17N7O3.C2H7N/c1-4-16(27)21-15-8-13(14(9-26)22-23-15)20-12-7-5-6-11(17(12)28-3)18-19-10-25(2)24-18;1-3-2/h4-10H,1H2,2-3H3,(H2,20,21,23,27);3H,1-2H3. The van der Waals surface area contributed by atoms with Crippen molar-refractivity contribution in [1.82, 2.24) is 30.3 Å². The van der Waals surface area contributed by atoms with Gasteiger partial charge in [0, 0.05) is 13.1 Å². The number of amides is 1. The van der Waals surface area contributed by atoms with E-state index < -0.39 is 5.91 Å². The van der Waals surface area contributed by atoms with Crippen LogP contribution in [0, 0.1) is 0 Å². The number of hydrogen-bond donors (Lipinski definition) is 3. The minimum atomic E-state index is -0.445. The Hall–Kier alpha value is -4.12. The number of aromatic nitrogens is 5. The van der Waals surface area contributed by atoms with E-state index in [4.69, 9.17) is 4.74 Å². The number of aryl methyl sites for hydroxylation is 1. The second-order valence-electron chi connectivity index (χ2n) is 6.09. The number of rotatable bonds is 7. The Labute approximate surface area is 179 Å². The molecule has 2 heterocycles. The summed E-state index contributed by atoms with van der Waals surface area (Å²) in [5.41, 5.74) is 1.64. The average Bonchev–Trinajstić information content (AvgIpc) is 3.20. The summed E-state index contributed by atoms with van der Waals surface area (Å²) in [5.74, 6) is 0.698. The van der Waals surface area contributed by atoms with Crippen LogP contribution in [-0.4, -0.2) is 58.4 Å². The molecule has 11 nitrogen and oxygen atoms in total. The number of carbonyl (C=O) groups excluding carboxylic acids is 2. The van der Waals surface area contributed by atoms with E-state index in [1.165, 1.54) is 13.2 Å². The molecule has 0 atom stereocenters. The van der Waals surface area contributed by atoms with Gasteiger partial charge in [-0.3, -0.25) is 14.3 Å². The van der Waals surface area contributed by atoms with Crippen LogP contribution in [-0.2, 0) is 11.8 Å². The lowest BCUT2D eigenvalue weighted by molar-refractivity contribution is -0.111. The third-order valence-electron chi connectivity index (χ3n) is 3.70. The molecule has 0 unspecified atom stereocenters. The fourth-order valence-electron chi connectivity index (χ4n) is 2.47. The fraction of sp³-hybridized carbons (Fsp3) is 0.200. The van der Waals surface area contributed by atoms with Gasteiger partial charge in [0.05, 0.1) is 24.0 Å². The maximum absolute atomic E-state index is 11.5. The van der Waals surface area contributed by atoms with Crippen molar-refractivity contribution in [2.24, 2.45) is 7.05 Å². The second-order valence-corrected chi connectivity index (χ2v) is 6.09. The number of benzene rings is 1. The number of anilines is 3. The SMILES string of the molecule is C=CC(=O)Nc1cc(Nc2cccc(-c3ncn(C)n3)c2OC)c(C=O)nn1.CNC. The quantitative estimate of drug-likeness (QED) is 0.383. The van der Waals surface area contributed by atoms with Crippen molar-refractivity contribution >= 4 is 29.4 Å². The number of aldehydes is 1. The first-order valence-electron chi connectivity index (χ1n) is 9.12. The van der Waals surface area contributed by atoms with Gasteiger partial charge in [0.15, 0.2) is 23.7 Å². The number of nitrogens with one attached hydrogen (secondary N) is 3. The average molecular weight is 424 g/mol. The first kappa shape index (κ1) is 23.2. The van der Waals surface area contributed by atoms with Crippen molar-refractivity contribution in [3.05, 3.63) is 48.9 Å². The van der Waals surface area contributed by atoms with Gasteiger partial charge < -0.3 is 20.7 Å². The summed E-state index contributed by atoms with van der Waals surface area (Å²) in [5, 5.41) is 20.2. The summed E-state index contributed by atoms with van der Waals surface area (Å²) in [6.45, 7) is 3.38. The maximum Gasteiger partial charge on any atom is 0.248 e. The van der Waals surface area contributed by atoms with Gasteiger partial charge in [0.1, 0.15) is 12.0 Å². The van der Waals surface area contributed by atoms with Gasteiger partial charge in [0.25, 0.3) is 0 Å². The van der Waals surface area contributed by atoms with Crippen molar-refractivity contribution < 1.29 is 14.3 Å². The molecular formula is C20H24N8O3. The van der Waals surface area contributed by atoms with E-state index in [0.29, 0.717) is 34.8 Å². The highest BCUT2D eigenvalue weighted by Gasteiger charge is 2.16. The second kappa shape index (κ2) is 11.2. The first-order valence-corrected chi connectivity index (χ1v) is 9.12. The summed E-state index contributed by atoms with van der Waals surface area (Å²) in [4.78, 5) is 27.1. The van der Waals surface area contributed by atoms with Crippen LogP contribution in [0.4, 0.5) is 17.2 Å². The fourth-order valence-corrected chi connectivity index (χ4v) is 2.47. The number of methoxy groups -OCH3 is 1. The number of para-hydroxylation sites is 1. The Balaban J connectivity index is 0.00000107. The van der Waals surface area contributed by atoms with Crippen LogP contribution in [0.1, 0.15) is 10.5 Å². The Morgan fingerprint density at radius 2 is 1.97 bits per heavy atom. The van der Waals surface area contributed by atoms with Gasteiger partial charge in [0.2, 0.25) is 5.91 Å². The van der Waals surface area contributed by atoms with E-state index in [9.17, 15) is 9.59 Å². The van der Waals surface area contributed by atoms with Crippen molar-refractivity contribution in [3.63, 3.8) is 0 Å². The number of carbonyl (C=O) groups is 2. The van der Waals surface area contributed by atoms with E-state index in [-0.39, 0.29) is 11.5 Å². The number of hydrogen-bond acceptors (Lipinski definition) is 9. The maximum atomic E-state index is 11.5. The summed E-state index contributed by atoms with van der Waals surface area (Å²) >= 11 is 0. The third-order valence-corrected chi connectivity index (χ3v) is 3.70. The van der Waals surface area contributed by atoms with Crippen LogP contribution in [0.2, 0.25) is 0 Å². The zero-order chi connectivity index (χ0) is 22.8. The molecule has 0 saturated heterocycles. The van der Waals surface area contributed by atoms with Gasteiger partial charge in [-0.2, -0.15) is 5.10 Å². The van der Waals surface area contributed by atoms with Crippen LogP contribution in [0.3, 0.4) is 0 Å². The van der Waals surface area contributed by atoms with Gasteiger partial charge in [-0.25, -0.2) is 4.98 Å². The molecule has 1 aromatic carbocycles. The van der Waals surface area contributed by atoms with Crippen molar-refractivity contribution in [2.45, 2.75) is 0 Å². The molecule has 0 aliphatic heterocycles. The third kappa shape index (κ3) is 5.93. The molecule has 0 radical (unpaired) electrons. The van der Waals surface area contributed by atoms with Gasteiger partial charge in [-0.15, -0.1) is 10.2 Å². The number of nitrogens with zero attached hydrogens (tertiary/aromatic N) is 5. The van der Waals surface area contributed by atoms with E-state index in [2.05, 4.69) is 42.8 Å². The van der Waals surface area contributed by atoms with Crippen molar-refractivity contribution in [2.75, 3.05) is 31.8 Å². The lowest BCUT2D eigenvalue weighted by Gasteiger charge is -2.15. The van der Waals surface area contributed by atoms with Crippen molar-refractivity contribution in [3.8, 4) is 17.1 Å². The van der Waals surface area contributed by atoms with Gasteiger partial charge in [-0.05, 0) is 32.3 Å². The molecular weight excluding hydrogens is 400 g/mol. The molecule has 3 rings (SSSR count). The molecule has 0 saturated carbocycles. The Morgan fingerprint density at radius 1 is 1.23 bits per heavy atom. The summed E-state index contributed by atoms with van der Waals surface area (Å²) < 4.78 is 7.12. The molecule has 1 amide bonds. The molecule has 0 spiro atoms. The highest BCUT2D eigenvalue weighted by molar-refractivity contribution is 5.99. The Bertz CT molecular complexity index is 1060. The molecule has 3 aromatic rings. The van der Waals surface area contributed by atoms with Crippen LogP contribution in [0.25, 0.3) is 11.4 Å². The largest absolute Gasteiger partial charge is 0.494 e. The molecule has 0 aliphatic rings. The Morgan fingerprint density at radius 3 is 2.55 bits per heavy atom. The van der Waals surface area contributed by atoms with E-state index in [1.807, 2.05) is 20.2 Å². The predicted molar refractivity (Wildman–Crippen MR) is 118 cm³/mol. The summed E-state index contributed by atoms with van der Waals surface area (Å²) in [6, 6.07) is 6.87. The molecule has 0 bridgehead atoms. The summed E-state index contributed by atoms with van der Waals surface area (Å²) in [7, 11) is 7.04. The normalized spacial score (nSPS) is 9.81. The highest BCUT2D eigenvalue weighted by Crippen LogP contribution is 2.36. The molecule has 31 heavy (non-hydrogen) atoms. The smallest absolute Gasteiger partial charge is 0.248 e. The van der Waals surface area contributed by atoms with E-state index in [1.54, 1.807) is 30.2 Å². The first-order chi connectivity index (χ1) is 15.0. The molecule has 2 aromatic heterocycles. The minimum Gasteiger partial charge on any atom is -0.494 e. The van der Waals surface area contributed by atoms with E-state index >= 15 is 0 Å². The van der Waals surface area contributed by atoms with Crippen LogP contribution in [0.15, 0.2) is 43.2 Å². The molecule has 0 aliphatic carbocycles. The van der Waals surface area contributed by atoms with E-state index in [0.717, 1.165) is 6.08 Å². The molecule has 3 N–H and O–H groups in total. The lowest BCUT2D eigenvalue weighted by atomic mass is 10.1. The minimum absolute atomic E-state index is 0.0695. The lowest BCUT2D eigenvalue weighted by Crippen LogP contribution is -2.11. The summed E-state index contributed by atoms with van der Waals surface area (Å²) in [6.07, 6.45) is 3.25. The predicted octanol–water partition coefficient (Wildman–Crippen LogP) is 1.80. The zero-order valence-corrected chi connectivity index (χ0v) is 17.7. The molecule has 162 valence electrons. The highest BCUT2D eigenvalue weighted by atomic mass is 16.5. The molecule has 0 fully saturated rings. The van der Waals surface area contributed by atoms with Crippen molar-refractivity contribution in [1.29, 1.82) is 0 Å². The van der Waals surface area contributed by atoms with Crippen LogP contribution < -0.4 is 20.7 Å². The van der Waals surface area contributed by atoms with Gasteiger partial charge in [-0.1, -0.05) is 12.6 Å². The van der Waals surface area contributed by atoms with Crippen LogP contribution in [0.5, 0.6) is 5.75 Å². The Kier molecular flexibility index (Phi) is 8.34. The topological polar surface area (TPSA) is 136 Å². The molecule has 11 heteroatoms. The zero-order valence-electron chi connectivity index (χ0n) is 17.7. The number of ether oxygens (including phenoxy) is 1. The monoisotopic (exact) mass is 424 g/mol.